The topological polar surface area (TPSA) is 52.6 Å². The van der Waals surface area contributed by atoms with Gasteiger partial charge in [0.2, 0.25) is 0 Å². The minimum Gasteiger partial charge on any atom is -0.466 e. The molecule has 0 spiro atoms. The first kappa shape index (κ1) is 37.9. The lowest BCUT2D eigenvalue weighted by Crippen LogP contribution is -2.17. The predicted octanol–water partition coefficient (Wildman–Crippen LogP) is 10.8. The van der Waals surface area contributed by atoms with Crippen molar-refractivity contribution in [2.45, 2.75) is 176 Å². The number of rotatable bonds is 28. The van der Waals surface area contributed by atoms with Crippen molar-refractivity contribution in [2.75, 3.05) is 13.2 Å². The fourth-order valence-electron chi connectivity index (χ4n) is 5.14. The predicted molar refractivity (Wildman–Crippen MR) is 167 cm³/mol. The minimum absolute atomic E-state index is 0.00183. The van der Waals surface area contributed by atoms with Gasteiger partial charge in [-0.1, -0.05) is 138 Å². The van der Waals surface area contributed by atoms with E-state index < -0.39 is 0 Å². The molecule has 0 aromatic heterocycles. The molecule has 0 aromatic rings. The number of carbonyl (C=O) groups excluding carboxylic acids is 2. The molecule has 0 aromatic carbocycles. The van der Waals surface area contributed by atoms with Crippen molar-refractivity contribution in [1.82, 2.24) is 0 Å². The Labute approximate surface area is 244 Å². The lowest BCUT2D eigenvalue weighted by atomic mass is 9.87. The van der Waals surface area contributed by atoms with Gasteiger partial charge in [-0.3, -0.25) is 9.59 Å². The second-order valence-electron chi connectivity index (χ2n) is 13.2. The van der Waals surface area contributed by atoms with Crippen molar-refractivity contribution < 1.29 is 19.1 Å². The van der Waals surface area contributed by atoms with E-state index in [2.05, 4.69) is 41.5 Å². The molecule has 0 aliphatic rings. The molecular weight excluding hydrogens is 484 g/mol. The van der Waals surface area contributed by atoms with Crippen LogP contribution in [0.15, 0.2) is 0 Å². The van der Waals surface area contributed by atoms with Crippen LogP contribution < -0.4 is 0 Å². The Hall–Kier alpha value is -1.06. The summed E-state index contributed by atoms with van der Waals surface area (Å²) in [4.78, 5) is 24.1. The molecular formula is C35H68O4. The van der Waals surface area contributed by atoms with Gasteiger partial charge in [0.15, 0.2) is 0 Å². The summed E-state index contributed by atoms with van der Waals surface area (Å²) in [6, 6.07) is 0. The molecule has 1 atom stereocenters. The fourth-order valence-corrected chi connectivity index (χ4v) is 5.14. The number of hydrogen-bond acceptors (Lipinski definition) is 4. The minimum atomic E-state index is -0.0111. The Balaban J connectivity index is 3.56. The molecule has 0 amide bonds. The highest BCUT2D eigenvalue weighted by Gasteiger charge is 2.18. The van der Waals surface area contributed by atoms with Gasteiger partial charge in [-0.15, -0.1) is 0 Å². The first-order chi connectivity index (χ1) is 18.7. The van der Waals surface area contributed by atoms with Gasteiger partial charge < -0.3 is 9.47 Å². The molecule has 0 radical (unpaired) electrons. The van der Waals surface area contributed by atoms with Crippen LogP contribution in [0.25, 0.3) is 0 Å². The van der Waals surface area contributed by atoms with Crippen LogP contribution in [0.2, 0.25) is 0 Å². The van der Waals surface area contributed by atoms with Gasteiger partial charge in [0, 0.05) is 12.8 Å². The molecule has 0 aliphatic carbocycles. The number of hydrogen-bond donors (Lipinski definition) is 0. The molecule has 0 heterocycles. The first-order valence-corrected chi connectivity index (χ1v) is 17.0. The van der Waals surface area contributed by atoms with Crippen molar-refractivity contribution in [3.05, 3.63) is 0 Å². The molecule has 4 nitrogen and oxygen atoms in total. The van der Waals surface area contributed by atoms with Crippen molar-refractivity contribution in [3.63, 3.8) is 0 Å². The zero-order chi connectivity index (χ0) is 29.1. The maximum Gasteiger partial charge on any atom is 0.306 e. The molecule has 0 N–H and O–H groups in total. The second kappa shape index (κ2) is 27.1. The molecule has 0 saturated carbocycles. The van der Waals surface area contributed by atoms with Crippen LogP contribution in [0, 0.1) is 23.7 Å². The normalized spacial score (nSPS) is 12.4. The molecule has 0 saturated heterocycles. The van der Waals surface area contributed by atoms with Crippen LogP contribution in [0.5, 0.6) is 0 Å². The molecule has 0 bridgehead atoms. The third kappa shape index (κ3) is 28.3. The van der Waals surface area contributed by atoms with Gasteiger partial charge >= 0.3 is 11.9 Å². The van der Waals surface area contributed by atoms with Crippen LogP contribution in [0.1, 0.15) is 176 Å². The molecule has 232 valence electrons. The maximum absolute atomic E-state index is 12.3. The summed E-state index contributed by atoms with van der Waals surface area (Å²) >= 11 is 0. The standard InChI is InChI=1S/C35H68O4/c1-30(2)23-17-15-21-27-38-34(36)26-20-14-12-10-8-7-9-11-13-19-25-33(32(5)6)29-35(37)39-28-22-16-18-24-31(3)4/h30-33H,7-29H2,1-6H3. The number of ether oxygens (including phenoxy) is 2. The number of unbranched alkanes of at least 4 members (excludes halogenated alkanes) is 13. The van der Waals surface area contributed by atoms with Crippen LogP contribution in [-0.4, -0.2) is 25.2 Å². The smallest absolute Gasteiger partial charge is 0.306 e. The lowest BCUT2D eigenvalue weighted by molar-refractivity contribution is -0.145. The van der Waals surface area contributed by atoms with E-state index in [1.807, 2.05) is 0 Å². The molecule has 0 fully saturated rings. The van der Waals surface area contributed by atoms with Gasteiger partial charge in [0.05, 0.1) is 13.2 Å². The largest absolute Gasteiger partial charge is 0.466 e. The maximum atomic E-state index is 12.3. The summed E-state index contributed by atoms with van der Waals surface area (Å²) in [7, 11) is 0. The van der Waals surface area contributed by atoms with Crippen molar-refractivity contribution in [3.8, 4) is 0 Å². The summed E-state index contributed by atoms with van der Waals surface area (Å²) in [6.45, 7) is 14.7. The SMILES string of the molecule is CC(C)CCCCCOC(=O)CCCCCCCCCCCCC(CC(=O)OCCCCCC(C)C)C(C)C. The summed E-state index contributed by atoms with van der Waals surface area (Å²) < 4.78 is 10.9. The Morgan fingerprint density at radius 3 is 1.31 bits per heavy atom. The van der Waals surface area contributed by atoms with Crippen molar-refractivity contribution in [1.29, 1.82) is 0 Å². The van der Waals surface area contributed by atoms with Crippen molar-refractivity contribution >= 4 is 11.9 Å². The molecule has 4 heteroatoms. The summed E-state index contributed by atoms with van der Waals surface area (Å²) in [5.74, 6) is 2.50. The third-order valence-electron chi connectivity index (χ3n) is 7.96. The second-order valence-corrected chi connectivity index (χ2v) is 13.2. The third-order valence-corrected chi connectivity index (χ3v) is 7.96. The van der Waals surface area contributed by atoms with Gasteiger partial charge in [-0.2, -0.15) is 0 Å². The van der Waals surface area contributed by atoms with Crippen LogP contribution in [-0.2, 0) is 19.1 Å². The van der Waals surface area contributed by atoms with Gasteiger partial charge in [-0.05, 0) is 49.4 Å². The summed E-state index contributed by atoms with van der Waals surface area (Å²) in [5, 5.41) is 0. The summed E-state index contributed by atoms with van der Waals surface area (Å²) in [5.41, 5.74) is 0. The average molecular weight is 553 g/mol. The van der Waals surface area contributed by atoms with E-state index in [4.69, 9.17) is 9.47 Å². The Morgan fingerprint density at radius 2 is 0.846 bits per heavy atom. The monoisotopic (exact) mass is 553 g/mol. The zero-order valence-corrected chi connectivity index (χ0v) is 27.2. The van der Waals surface area contributed by atoms with E-state index in [0.717, 1.165) is 50.4 Å². The van der Waals surface area contributed by atoms with E-state index in [9.17, 15) is 9.59 Å². The van der Waals surface area contributed by atoms with Gasteiger partial charge in [0.25, 0.3) is 0 Å². The highest BCUT2D eigenvalue weighted by atomic mass is 16.5. The molecule has 0 aliphatic heterocycles. The number of esters is 2. The quantitative estimate of drug-likeness (QED) is 0.0715. The first-order valence-electron chi connectivity index (χ1n) is 17.0. The fraction of sp³-hybridized carbons (Fsp3) is 0.943. The highest BCUT2D eigenvalue weighted by molar-refractivity contribution is 5.69. The molecule has 0 rings (SSSR count). The van der Waals surface area contributed by atoms with E-state index in [0.29, 0.717) is 37.9 Å². The Kier molecular flexibility index (Phi) is 26.4. The highest BCUT2D eigenvalue weighted by Crippen LogP contribution is 2.24. The van der Waals surface area contributed by atoms with Crippen LogP contribution >= 0.6 is 0 Å². The molecule has 39 heavy (non-hydrogen) atoms. The van der Waals surface area contributed by atoms with Crippen molar-refractivity contribution in [2.24, 2.45) is 23.7 Å². The molecule has 1 unspecified atom stereocenters. The average Bonchev–Trinajstić information content (AvgIpc) is 2.87. The lowest BCUT2D eigenvalue weighted by Gasteiger charge is -2.20. The van der Waals surface area contributed by atoms with Gasteiger partial charge in [0.1, 0.15) is 0 Å². The van der Waals surface area contributed by atoms with Gasteiger partial charge in [-0.25, -0.2) is 0 Å². The van der Waals surface area contributed by atoms with Crippen LogP contribution in [0.3, 0.4) is 0 Å². The van der Waals surface area contributed by atoms with E-state index in [1.165, 1.54) is 83.5 Å². The summed E-state index contributed by atoms with van der Waals surface area (Å²) in [6.07, 6.45) is 24.0. The van der Waals surface area contributed by atoms with Crippen LogP contribution in [0.4, 0.5) is 0 Å². The van der Waals surface area contributed by atoms with E-state index >= 15 is 0 Å². The Bertz CT molecular complexity index is 555. The number of carbonyl (C=O) groups is 2. The zero-order valence-electron chi connectivity index (χ0n) is 27.2. The van der Waals surface area contributed by atoms with E-state index in [-0.39, 0.29) is 11.9 Å². The van der Waals surface area contributed by atoms with E-state index in [1.54, 1.807) is 0 Å². The Morgan fingerprint density at radius 1 is 0.462 bits per heavy atom.